The van der Waals surface area contributed by atoms with Crippen LogP contribution in [0.4, 0.5) is 0 Å². The second-order valence-electron chi connectivity index (χ2n) is 7.14. The molecule has 3 fully saturated rings. The number of amides is 1. The van der Waals surface area contributed by atoms with Crippen LogP contribution >= 0.6 is 0 Å². The number of carbonyl (C=O) groups is 1. The number of nitroso groups, excluding NO2 is 1. The van der Waals surface area contributed by atoms with Crippen molar-refractivity contribution in [2.45, 2.75) is 70.0 Å². The number of carbonyl (C=O) groups excluding carboxylic acids is 1. The Morgan fingerprint density at radius 2 is 2.04 bits per heavy atom. The highest BCUT2D eigenvalue weighted by atomic mass is 16.3. The van der Waals surface area contributed by atoms with Gasteiger partial charge in [-0.1, -0.05) is 18.5 Å². The molecule has 0 aromatic heterocycles. The molecule has 0 radical (unpaired) electrons. The van der Waals surface area contributed by atoms with Crippen LogP contribution in [0.2, 0.25) is 0 Å². The number of hydrazine groups is 3. The van der Waals surface area contributed by atoms with Gasteiger partial charge in [-0.3, -0.25) is 4.79 Å². The summed E-state index contributed by atoms with van der Waals surface area (Å²) in [5, 5.41) is 8.60. The van der Waals surface area contributed by atoms with Crippen molar-refractivity contribution in [2.75, 3.05) is 6.67 Å². The van der Waals surface area contributed by atoms with E-state index in [4.69, 9.17) is 0 Å². The number of nitrogens with one attached hydrogen (secondary N) is 4. The van der Waals surface area contributed by atoms with Crippen LogP contribution in [-0.4, -0.2) is 35.7 Å². The Hall–Kier alpha value is -1.09. The molecule has 2 aliphatic carbocycles. The Morgan fingerprint density at radius 1 is 1.22 bits per heavy atom. The van der Waals surface area contributed by atoms with Crippen molar-refractivity contribution < 1.29 is 4.79 Å². The van der Waals surface area contributed by atoms with Gasteiger partial charge in [-0.15, -0.1) is 0 Å². The van der Waals surface area contributed by atoms with Gasteiger partial charge in [0.2, 0.25) is 5.91 Å². The van der Waals surface area contributed by atoms with E-state index in [9.17, 15) is 9.70 Å². The van der Waals surface area contributed by atoms with Gasteiger partial charge in [0.1, 0.15) is 0 Å². The Labute approximate surface area is 137 Å². The zero-order chi connectivity index (χ0) is 16.2. The number of hydrogen-bond donors (Lipinski definition) is 4. The lowest BCUT2D eigenvalue weighted by Crippen LogP contribution is -2.51. The molecule has 1 saturated heterocycles. The molecule has 23 heavy (non-hydrogen) atoms. The van der Waals surface area contributed by atoms with E-state index >= 15 is 0 Å². The normalized spacial score (nSPS) is 39.1. The van der Waals surface area contributed by atoms with Gasteiger partial charge in [-0.2, -0.15) is 16.0 Å². The highest BCUT2D eigenvalue weighted by molar-refractivity contribution is 5.79. The van der Waals surface area contributed by atoms with Crippen LogP contribution in [0, 0.1) is 16.7 Å². The summed E-state index contributed by atoms with van der Waals surface area (Å²) in [6.07, 6.45) is 6.86. The van der Waals surface area contributed by atoms with Crippen molar-refractivity contribution in [3.8, 4) is 0 Å². The van der Waals surface area contributed by atoms with Gasteiger partial charge in [0.05, 0.1) is 12.7 Å². The SMILES string of the molecule is CC1C(N=O)CCCC1C(=O)NC1CCCC(N2CNNN2)C1. The molecule has 1 heterocycles. The summed E-state index contributed by atoms with van der Waals surface area (Å²) < 4.78 is 0. The third-order valence-corrected chi connectivity index (χ3v) is 5.70. The molecular formula is C15H28N6O2. The monoisotopic (exact) mass is 324 g/mol. The summed E-state index contributed by atoms with van der Waals surface area (Å²) in [4.78, 5) is 23.6. The molecule has 8 nitrogen and oxygen atoms in total. The van der Waals surface area contributed by atoms with Crippen molar-refractivity contribution in [3.05, 3.63) is 4.91 Å². The van der Waals surface area contributed by atoms with Crippen LogP contribution in [0.3, 0.4) is 0 Å². The quantitative estimate of drug-likeness (QED) is 0.570. The van der Waals surface area contributed by atoms with Crippen molar-refractivity contribution in [2.24, 2.45) is 17.0 Å². The minimum Gasteiger partial charge on any atom is -0.353 e. The molecule has 0 spiro atoms. The maximum absolute atomic E-state index is 12.7. The van der Waals surface area contributed by atoms with Gasteiger partial charge in [0.25, 0.3) is 0 Å². The standard InChI is InChI=1S/C15H28N6O2/c1-10-13(6-3-7-14(10)18-23)15(22)17-11-4-2-5-12(8-11)21-9-16-19-20-21/h10-14,16,19-20H,2-9H2,1H3,(H,17,22). The summed E-state index contributed by atoms with van der Waals surface area (Å²) >= 11 is 0. The zero-order valence-electron chi connectivity index (χ0n) is 13.8. The highest BCUT2D eigenvalue weighted by Crippen LogP contribution is 2.32. The van der Waals surface area contributed by atoms with Crippen LogP contribution in [0.5, 0.6) is 0 Å². The molecule has 1 aliphatic heterocycles. The van der Waals surface area contributed by atoms with Crippen LogP contribution in [0.1, 0.15) is 51.9 Å². The molecule has 8 heteroatoms. The summed E-state index contributed by atoms with van der Waals surface area (Å²) in [7, 11) is 0. The molecule has 2 saturated carbocycles. The Bertz CT molecular complexity index is 428. The second-order valence-corrected chi connectivity index (χ2v) is 7.14. The fourth-order valence-electron chi connectivity index (χ4n) is 4.24. The van der Waals surface area contributed by atoms with E-state index in [1.165, 1.54) is 0 Å². The minimum atomic E-state index is -0.204. The predicted octanol–water partition coefficient (Wildman–Crippen LogP) is 0.772. The lowest BCUT2D eigenvalue weighted by Gasteiger charge is -2.36. The van der Waals surface area contributed by atoms with Gasteiger partial charge in [0.15, 0.2) is 0 Å². The molecule has 4 N–H and O–H groups in total. The van der Waals surface area contributed by atoms with Crippen molar-refractivity contribution in [3.63, 3.8) is 0 Å². The third kappa shape index (κ3) is 3.88. The van der Waals surface area contributed by atoms with Crippen molar-refractivity contribution in [1.82, 2.24) is 26.8 Å². The van der Waals surface area contributed by atoms with Gasteiger partial charge in [-0.05, 0) is 44.4 Å². The molecular weight excluding hydrogens is 296 g/mol. The Morgan fingerprint density at radius 3 is 2.78 bits per heavy atom. The first kappa shape index (κ1) is 16.8. The first-order chi connectivity index (χ1) is 11.2. The topological polar surface area (TPSA) is 97.9 Å². The minimum absolute atomic E-state index is 0.0503. The van der Waals surface area contributed by atoms with Crippen molar-refractivity contribution in [1.29, 1.82) is 0 Å². The van der Waals surface area contributed by atoms with Crippen LogP contribution in [0.15, 0.2) is 5.18 Å². The van der Waals surface area contributed by atoms with Crippen LogP contribution in [0.25, 0.3) is 0 Å². The Kier molecular flexibility index (Phi) is 5.58. The summed E-state index contributed by atoms with van der Waals surface area (Å²) in [6, 6.07) is 0.440. The summed E-state index contributed by atoms with van der Waals surface area (Å²) in [5.74, 6) is 0.0940. The number of rotatable bonds is 4. The largest absolute Gasteiger partial charge is 0.353 e. The van der Waals surface area contributed by atoms with Gasteiger partial charge in [-0.25, -0.2) is 10.4 Å². The first-order valence-electron chi connectivity index (χ1n) is 8.82. The van der Waals surface area contributed by atoms with Crippen LogP contribution in [-0.2, 0) is 4.79 Å². The maximum atomic E-state index is 12.7. The van der Waals surface area contributed by atoms with Gasteiger partial charge >= 0.3 is 0 Å². The third-order valence-electron chi connectivity index (χ3n) is 5.70. The molecule has 0 aromatic rings. The maximum Gasteiger partial charge on any atom is 0.223 e. The molecule has 5 unspecified atom stereocenters. The first-order valence-corrected chi connectivity index (χ1v) is 8.82. The number of nitrogens with zero attached hydrogens (tertiary/aromatic N) is 2. The van der Waals surface area contributed by atoms with E-state index in [0.717, 1.165) is 51.6 Å². The van der Waals surface area contributed by atoms with Crippen molar-refractivity contribution >= 4 is 5.91 Å². The lowest BCUT2D eigenvalue weighted by molar-refractivity contribution is -0.129. The number of hydrogen-bond acceptors (Lipinski definition) is 7. The second kappa shape index (κ2) is 7.65. The van der Waals surface area contributed by atoms with E-state index in [1.807, 2.05) is 6.92 Å². The molecule has 1 amide bonds. The smallest absolute Gasteiger partial charge is 0.223 e. The molecule has 3 aliphatic rings. The summed E-state index contributed by atoms with van der Waals surface area (Å²) in [6.45, 7) is 2.75. The Balaban J connectivity index is 1.53. The average molecular weight is 324 g/mol. The van der Waals surface area contributed by atoms with E-state index in [-0.39, 0.29) is 29.8 Å². The molecule has 5 atom stereocenters. The molecule has 0 aromatic carbocycles. The lowest BCUT2D eigenvalue weighted by atomic mass is 9.76. The molecule has 0 bridgehead atoms. The predicted molar refractivity (Wildman–Crippen MR) is 86.4 cm³/mol. The summed E-state index contributed by atoms with van der Waals surface area (Å²) in [5.41, 5.74) is 9.02. The van der Waals surface area contributed by atoms with E-state index < -0.39 is 0 Å². The van der Waals surface area contributed by atoms with E-state index in [0.29, 0.717) is 6.04 Å². The molecule has 3 rings (SSSR count). The average Bonchev–Trinajstić information content (AvgIpc) is 3.10. The fraction of sp³-hybridized carbons (Fsp3) is 0.933. The van der Waals surface area contributed by atoms with E-state index in [2.05, 4.69) is 32.0 Å². The highest BCUT2D eigenvalue weighted by Gasteiger charge is 2.37. The zero-order valence-corrected chi connectivity index (χ0v) is 13.8. The van der Waals surface area contributed by atoms with E-state index in [1.54, 1.807) is 0 Å². The fourth-order valence-corrected chi connectivity index (χ4v) is 4.24. The van der Waals surface area contributed by atoms with Gasteiger partial charge in [0, 0.05) is 18.0 Å². The van der Waals surface area contributed by atoms with Crippen LogP contribution < -0.4 is 21.8 Å². The molecule has 130 valence electrons. The van der Waals surface area contributed by atoms with Gasteiger partial charge < -0.3 is 5.32 Å².